The number of aromatic amines is 1. The zero-order valence-electron chi connectivity index (χ0n) is 16.4. The van der Waals surface area contributed by atoms with E-state index in [1.54, 1.807) is 42.3 Å². The summed E-state index contributed by atoms with van der Waals surface area (Å²) in [5.74, 6) is -0.195. The number of nitrogens with zero attached hydrogens (tertiary/aromatic N) is 2. The Bertz CT molecular complexity index is 1410. The predicted octanol–water partition coefficient (Wildman–Crippen LogP) is 5.63. The summed E-state index contributed by atoms with van der Waals surface area (Å²) in [4.78, 5) is 30.6. The maximum absolute atomic E-state index is 13.0. The molecule has 0 aliphatic heterocycles. The monoisotopic (exact) mass is 469 g/mol. The number of benzene rings is 3. The molecule has 0 saturated carbocycles. The van der Waals surface area contributed by atoms with Crippen LogP contribution in [0.3, 0.4) is 0 Å². The van der Waals surface area contributed by atoms with E-state index in [0.29, 0.717) is 38.7 Å². The molecule has 1 N–H and O–H groups in total. The van der Waals surface area contributed by atoms with Gasteiger partial charge in [-0.05, 0) is 60.2 Å². The maximum Gasteiger partial charge on any atom is 0.266 e. The highest BCUT2D eigenvalue weighted by atomic mass is 35.5. The molecule has 0 radical (unpaired) electrons. The zero-order valence-corrected chi connectivity index (χ0v) is 18.8. The number of amides is 1. The van der Waals surface area contributed by atoms with Gasteiger partial charge in [0.05, 0.1) is 26.6 Å². The van der Waals surface area contributed by atoms with Crippen LogP contribution in [0.15, 0.2) is 71.5 Å². The Kier molecular flexibility index (Phi) is 5.96. The molecule has 1 aromatic heterocycles. The van der Waals surface area contributed by atoms with Gasteiger partial charge in [-0.25, -0.2) is 0 Å². The quantitative estimate of drug-likeness (QED) is 0.394. The molecule has 156 valence electrons. The van der Waals surface area contributed by atoms with Gasteiger partial charge in [0.2, 0.25) is 0 Å². The number of hydrogen-bond donors (Lipinski definition) is 1. The van der Waals surface area contributed by atoms with Crippen molar-refractivity contribution in [1.82, 2.24) is 14.5 Å². The number of carbonyl (C=O) groups excluding carboxylic acids is 1. The molecule has 8 heteroatoms. The Morgan fingerprint density at radius 1 is 1.03 bits per heavy atom. The number of hydrogen-bond acceptors (Lipinski definition) is 3. The van der Waals surface area contributed by atoms with E-state index in [4.69, 9.17) is 35.4 Å². The summed E-state index contributed by atoms with van der Waals surface area (Å²) in [5.41, 5.74) is 2.25. The number of halogens is 2. The highest BCUT2D eigenvalue weighted by molar-refractivity contribution is 7.71. The minimum Gasteiger partial charge on any atom is -0.337 e. The van der Waals surface area contributed by atoms with Gasteiger partial charge in [0, 0.05) is 19.2 Å². The highest BCUT2D eigenvalue weighted by Gasteiger charge is 2.15. The van der Waals surface area contributed by atoms with Gasteiger partial charge in [-0.3, -0.25) is 14.2 Å². The van der Waals surface area contributed by atoms with Crippen molar-refractivity contribution in [1.29, 1.82) is 0 Å². The molecule has 3 aromatic carbocycles. The molecule has 4 rings (SSSR count). The molecule has 4 aromatic rings. The zero-order chi connectivity index (χ0) is 22.1. The molecule has 0 aliphatic rings. The van der Waals surface area contributed by atoms with Crippen LogP contribution in [0, 0.1) is 4.77 Å². The van der Waals surface area contributed by atoms with Gasteiger partial charge in [-0.2, -0.15) is 0 Å². The van der Waals surface area contributed by atoms with Crippen LogP contribution >= 0.6 is 35.4 Å². The second-order valence-electron chi connectivity index (χ2n) is 7.08. The molecule has 1 amide bonds. The fourth-order valence-corrected chi connectivity index (χ4v) is 3.99. The molecule has 31 heavy (non-hydrogen) atoms. The average molecular weight is 470 g/mol. The predicted molar refractivity (Wildman–Crippen MR) is 127 cm³/mol. The number of H-pyrrole nitrogens is 1. The van der Waals surface area contributed by atoms with Crippen LogP contribution in [-0.2, 0) is 6.54 Å². The van der Waals surface area contributed by atoms with Gasteiger partial charge in [0.25, 0.3) is 11.5 Å². The number of para-hydroxylation sites is 1. The van der Waals surface area contributed by atoms with Crippen molar-refractivity contribution < 1.29 is 4.79 Å². The Morgan fingerprint density at radius 3 is 2.48 bits per heavy atom. The molecule has 0 atom stereocenters. The largest absolute Gasteiger partial charge is 0.337 e. The van der Waals surface area contributed by atoms with Gasteiger partial charge in [0.15, 0.2) is 4.77 Å². The second kappa shape index (κ2) is 8.67. The maximum atomic E-state index is 13.0. The third kappa shape index (κ3) is 4.28. The summed E-state index contributed by atoms with van der Waals surface area (Å²) in [5, 5.41) is 1.35. The summed E-state index contributed by atoms with van der Waals surface area (Å²) in [6.07, 6.45) is 0. The molecule has 0 saturated heterocycles. The van der Waals surface area contributed by atoms with Crippen molar-refractivity contribution in [2.45, 2.75) is 6.54 Å². The van der Waals surface area contributed by atoms with Crippen LogP contribution in [0.4, 0.5) is 0 Å². The lowest BCUT2D eigenvalue weighted by Gasteiger charge is -2.18. The van der Waals surface area contributed by atoms with Crippen LogP contribution in [0.2, 0.25) is 10.0 Å². The van der Waals surface area contributed by atoms with Gasteiger partial charge in [-0.1, -0.05) is 47.5 Å². The SMILES string of the molecule is CN(Cc1ccc(Cl)c(Cl)c1)C(=O)c1ccc2c(=O)n(-c3ccccc3)c(=S)[nH]c2c1. The summed E-state index contributed by atoms with van der Waals surface area (Å²) < 4.78 is 1.70. The third-order valence-electron chi connectivity index (χ3n) is 4.91. The minimum atomic E-state index is -0.242. The van der Waals surface area contributed by atoms with Crippen LogP contribution < -0.4 is 5.56 Å². The molecule has 0 aliphatic carbocycles. The van der Waals surface area contributed by atoms with Crippen molar-refractivity contribution in [3.63, 3.8) is 0 Å². The standard InChI is InChI=1S/C23H17Cl2N3O2S/c1-27(13-14-7-10-18(24)19(25)11-14)21(29)15-8-9-17-20(12-15)26-23(31)28(22(17)30)16-5-3-2-4-6-16/h2-12H,13H2,1H3,(H,26,31). The average Bonchev–Trinajstić information content (AvgIpc) is 2.76. The summed E-state index contributed by atoms with van der Waals surface area (Å²) in [7, 11) is 1.70. The lowest BCUT2D eigenvalue weighted by Crippen LogP contribution is -2.26. The summed E-state index contributed by atoms with van der Waals surface area (Å²) in [6.45, 7) is 0.360. The smallest absolute Gasteiger partial charge is 0.266 e. The lowest BCUT2D eigenvalue weighted by atomic mass is 10.1. The molecular weight excluding hydrogens is 453 g/mol. The Labute approximate surface area is 193 Å². The molecule has 5 nitrogen and oxygen atoms in total. The van der Waals surface area contributed by atoms with E-state index in [1.807, 2.05) is 36.4 Å². The van der Waals surface area contributed by atoms with E-state index in [0.717, 1.165) is 5.56 Å². The first-order chi connectivity index (χ1) is 14.8. The number of nitrogens with one attached hydrogen (secondary N) is 1. The second-order valence-corrected chi connectivity index (χ2v) is 8.28. The lowest BCUT2D eigenvalue weighted by molar-refractivity contribution is 0.0785. The first-order valence-electron chi connectivity index (χ1n) is 9.39. The highest BCUT2D eigenvalue weighted by Crippen LogP contribution is 2.23. The summed E-state index contributed by atoms with van der Waals surface area (Å²) in [6, 6.07) is 19.4. The van der Waals surface area contributed by atoms with Gasteiger partial charge < -0.3 is 9.88 Å². The van der Waals surface area contributed by atoms with E-state index in [2.05, 4.69) is 4.98 Å². The molecule has 0 spiro atoms. The molecular formula is C23H17Cl2N3O2S. The third-order valence-corrected chi connectivity index (χ3v) is 5.93. The number of rotatable bonds is 4. The molecule has 0 bridgehead atoms. The van der Waals surface area contributed by atoms with Crippen molar-refractivity contribution >= 4 is 52.2 Å². The Hall–Kier alpha value is -2.93. The molecule has 0 unspecified atom stereocenters. The van der Waals surface area contributed by atoms with Crippen molar-refractivity contribution in [2.75, 3.05) is 7.05 Å². The van der Waals surface area contributed by atoms with Gasteiger partial charge >= 0.3 is 0 Å². The summed E-state index contributed by atoms with van der Waals surface area (Å²) >= 11 is 17.4. The van der Waals surface area contributed by atoms with Crippen molar-refractivity contribution in [3.8, 4) is 5.69 Å². The minimum absolute atomic E-state index is 0.195. The van der Waals surface area contributed by atoms with E-state index in [9.17, 15) is 9.59 Å². The first kappa shape index (κ1) is 21.3. The molecule has 1 heterocycles. The van der Waals surface area contributed by atoms with Crippen LogP contribution in [0.5, 0.6) is 0 Å². The number of aromatic nitrogens is 2. The van der Waals surface area contributed by atoms with Crippen LogP contribution in [0.25, 0.3) is 16.6 Å². The van der Waals surface area contributed by atoms with Crippen molar-refractivity contribution in [3.05, 3.63) is 103 Å². The van der Waals surface area contributed by atoms with Gasteiger partial charge in [0.1, 0.15) is 0 Å². The van der Waals surface area contributed by atoms with Crippen LogP contribution in [0.1, 0.15) is 15.9 Å². The first-order valence-corrected chi connectivity index (χ1v) is 10.6. The van der Waals surface area contributed by atoms with E-state index < -0.39 is 0 Å². The Morgan fingerprint density at radius 2 is 1.77 bits per heavy atom. The molecule has 0 fully saturated rings. The fourth-order valence-electron chi connectivity index (χ4n) is 3.37. The van der Waals surface area contributed by atoms with E-state index >= 15 is 0 Å². The van der Waals surface area contributed by atoms with Crippen LogP contribution in [-0.4, -0.2) is 27.4 Å². The number of fused-ring (bicyclic) bond motifs is 1. The topological polar surface area (TPSA) is 58.1 Å². The normalized spacial score (nSPS) is 10.9. The van der Waals surface area contributed by atoms with Gasteiger partial charge in [-0.15, -0.1) is 0 Å². The Balaban J connectivity index is 1.67. The fraction of sp³-hybridized carbons (Fsp3) is 0.0870. The van der Waals surface area contributed by atoms with Crippen molar-refractivity contribution in [2.24, 2.45) is 0 Å². The number of carbonyl (C=O) groups is 1. The van der Waals surface area contributed by atoms with E-state index in [-0.39, 0.29) is 16.2 Å². The van der Waals surface area contributed by atoms with E-state index in [1.165, 1.54) is 4.57 Å².